The minimum Gasteiger partial charge on any atom is -0.496 e. The van der Waals surface area contributed by atoms with E-state index in [1.807, 2.05) is 18.2 Å². The molecule has 4 heteroatoms. The maximum Gasteiger partial charge on any atom is 0.126 e. The van der Waals surface area contributed by atoms with Crippen molar-refractivity contribution in [2.75, 3.05) is 13.7 Å². The van der Waals surface area contributed by atoms with Crippen molar-refractivity contribution in [1.29, 1.82) is 0 Å². The van der Waals surface area contributed by atoms with Gasteiger partial charge in [-0.3, -0.25) is 4.90 Å². The van der Waals surface area contributed by atoms with Gasteiger partial charge in [-0.05, 0) is 36.2 Å². The quantitative estimate of drug-likeness (QED) is 0.258. The molecule has 0 aliphatic carbocycles. The maximum absolute atomic E-state index is 5.56. The molecule has 0 spiro atoms. The van der Waals surface area contributed by atoms with Gasteiger partial charge in [0.15, 0.2) is 0 Å². The van der Waals surface area contributed by atoms with Gasteiger partial charge >= 0.3 is 0 Å². The number of ether oxygens (including phenoxy) is 1. The average molecular weight is 443 g/mol. The predicted molar refractivity (Wildman–Crippen MR) is 135 cm³/mol. The van der Waals surface area contributed by atoms with E-state index < -0.39 is 0 Å². The van der Waals surface area contributed by atoms with Gasteiger partial charge in [0.05, 0.1) is 12.8 Å². The Bertz CT molecular complexity index is 1120. The number of rotatable bonds is 10. The van der Waals surface area contributed by atoms with E-state index in [4.69, 9.17) is 9.72 Å². The lowest BCUT2D eigenvalue weighted by atomic mass is 10.0. The highest BCUT2D eigenvalue weighted by atomic mass is 32.1. The fourth-order valence-electron chi connectivity index (χ4n) is 3.88. The van der Waals surface area contributed by atoms with E-state index in [9.17, 15) is 0 Å². The van der Waals surface area contributed by atoms with Crippen molar-refractivity contribution in [3.8, 4) is 27.4 Å². The molecule has 0 fully saturated rings. The third-order valence-electron chi connectivity index (χ3n) is 5.54. The molecule has 0 N–H and O–H groups in total. The van der Waals surface area contributed by atoms with Gasteiger partial charge in [0, 0.05) is 29.6 Å². The highest BCUT2D eigenvalue weighted by Crippen LogP contribution is 2.33. The number of thiazole rings is 1. The molecule has 3 nitrogen and oxygen atoms in total. The van der Waals surface area contributed by atoms with E-state index in [1.54, 1.807) is 18.4 Å². The summed E-state index contributed by atoms with van der Waals surface area (Å²) >= 11 is 1.72. The molecule has 0 bridgehead atoms. The number of aromatic nitrogens is 1. The standard InChI is InChI=1S/C28H30N2OS/c1-3-4-17-30(19-22-11-6-5-7-12-22)20-25-21-32-28(29-25)24-14-10-13-23(18-24)26-15-8-9-16-27(26)31-2/h5-16,18,21H,3-4,17,19-20H2,1-2H3. The van der Waals surface area contributed by atoms with Crippen LogP contribution in [0, 0.1) is 0 Å². The van der Waals surface area contributed by atoms with Crippen LogP contribution in [-0.4, -0.2) is 23.5 Å². The molecule has 0 aliphatic rings. The maximum atomic E-state index is 5.56. The molecule has 1 heterocycles. The molecule has 1 aromatic heterocycles. The number of unbranched alkanes of at least 4 members (excludes halogenated alkanes) is 1. The van der Waals surface area contributed by atoms with Crippen LogP contribution >= 0.6 is 11.3 Å². The van der Waals surface area contributed by atoms with Crippen LogP contribution in [0.15, 0.2) is 84.2 Å². The van der Waals surface area contributed by atoms with Crippen LogP contribution in [0.5, 0.6) is 5.75 Å². The summed E-state index contributed by atoms with van der Waals surface area (Å²) in [6, 6.07) is 27.4. The molecule has 4 aromatic rings. The Labute approximate surface area is 195 Å². The second-order valence-electron chi connectivity index (χ2n) is 7.97. The first-order chi connectivity index (χ1) is 15.8. The van der Waals surface area contributed by atoms with Crippen LogP contribution in [-0.2, 0) is 13.1 Å². The van der Waals surface area contributed by atoms with Crippen molar-refractivity contribution in [1.82, 2.24) is 9.88 Å². The van der Waals surface area contributed by atoms with Crippen LogP contribution in [0.4, 0.5) is 0 Å². The minimum absolute atomic E-state index is 0.873. The van der Waals surface area contributed by atoms with Crippen molar-refractivity contribution in [3.05, 3.63) is 95.5 Å². The van der Waals surface area contributed by atoms with Gasteiger partial charge in [0.2, 0.25) is 0 Å². The monoisotopic (exact) mass is 442 g/mol. The Morgan fingerprint density at radius 3 is 2.47 bits per heavy atom. The number of nitrogens with zero attached hydrogens (tertiary/aromatic N) is 2. The molecule has 4 rings (SSSR count). The summed E-state index contributed by atoms with van der Waals surface area (Å²) in [6.45, 7) is 5.16. The number of benzene rings is 3. The molecule has 0 saturated heterocycles. The molecular formula is C28H30N2OS. The Hall–Kier alpha value is -2.95. The average Bonchev–Trinajstić information content (AvgIpc) is 3.32. The normalized spacial score (nSPS) is 11.1. The number of methoxy groups -OCH3 is 1. The second kappa shape index (κ2) is 11.1. The summed E-state index contributed by atoms with van der Waals surface area (Å²) in [5.41, 5.74) is 5.88. The van der Waals surface area contributed by atoms with Crippen molar-refractivity contribution in [2.45, 2.75) is 32.9 Å². The molecule has 0 unspecified atom stereocenters. The van der Waals surface area contributed by atoms with Crippen LogP contribution in [0.3, 0.4) is 0 Å². The lowest BCUT2D eigenvalue weighted by Crippen LogP contribution is -2.24. The molecule has 0 amide bonds. The molecule has 164 valence electrons. The third-order valence-corrected chi connectivity index (χ3v) is 6.48. The van der Waals surface area contributed by atoms with Gasteiger partial charge in [-0.2, -0.15) is 0 Å². The highest BCUT2D eigenvalue weighted by Gasteiger charge is 2.12. The van der Waals surface area contributed by atoms with E-state index in [1.165, 1.54) is 18.4 Å². The van der Waals surface area contributed by atoms with Gasteiger partial charge in [-0.25, -0.2) is 4.98 Å². The number of para-hydroxylation sites is 1. The Morgan fingerprint density at radius 2 is 1.66 bits per heavy atom. The first kappa shape index (κ1) is 22.3. The van der Waals surface area contributed by atoms with Crippen molar-refractivity contribution in [2.24, 2.45) is 0 Å². The number of hydrogen-bond donors (Lipinski definition) is 0. The zero-order valence-corrected chi connectivity index (χ0v) is 19.6. The van der Waals surface area contributed by atoms with Crippen LogP contribution < -0.4 is 4.74 Å². The lowest BCUT2D eigenvalue weighted by Gasteiger charge is -2.21. The highest BCUT2D eigenvalue weighted by molar-refractivity contribution is 7.13. The summed E-state index contributed by atoms with van der Waals surface area (Å²) in [4.78, 5) is 7.50. The van der Waals surface area contributed by atoms with Gasteiger partial charge in [0.25, 0.3) is 0 Å². The fourth-order valence-corrected chi connectivity index (χ4v) is 4.69. The molecule has 0 saturated carbocycles. The molecule has 0 aliphatic heterocycles. The zero-order valence-electron chi connectivity index (χ0n) is 18.8. The van der Waals surface area contributed by atoms with Gasteiger partial charge in [-0.1, -0.05) is 80.1 Å². The van der Waals surface area contributed by atoms with Crippen molar-refractivity contribution < 1.29 is 4.74 Å². The summed E-state index contributed by atoms with van der Waals surface area (Å²) in [6.07, 6.45) is 2.40. The Balaban J connectivity index is 1.52. The molecule has 32 heavy (non-hydrogen) atoms. The Kier molecular flexibility index (Phi) is 7.70. The summed E-state index contributed by atoms with van der Waals surface area (Å²) in [7, 11) is 1.72. The summed E-state index contributed by atoms with van der Waals surface area (Å²) < 4.78 is 5.56. The largest absolute Gasteiger partial charge is 0.496 e. The van der Waals surface area contributed by atoms with E-state index >= 15 is 0 Å². The molecule has 0 atom stereocenters. The lowest BCUT2D eigenvalue weighted by molar-refractivity contribution is 0.250. The third kappa shape index (κ3) is 5.64. The molecular weight excluding hydrogens is 412 g/mol. The van der Waals surface area contributed by atoms with E-state index in [-0.39, 0.29) is 0 Å². The van der Waals surface area contributed by atoms with Gasteiger partial charge in [0.1, 0.15) is 10.8 Å². The van der Waals surface area contributed by atoms with E-state index in [0.717, 1.165) is 52.8 Å². The topological polar surface area (TPSA) is 25.4 Å². The molecule has 0 radical (unpaired) electrons. The fraction of sp³-hybridized carbons (Fsp3) is 0.250. The summed E-state index contributed by atoms with van der Waals surface area (Å²) in [5.74, 6) is 0.886. The first-order valence-corrected chi connectivity index (χ1v) is 12.1. The van der Waals surface area contributed by atoms with Gasteiger partial charge in [-0.15, -0.1) is 11.3 Å². The SMILES string of the molecule is CCCCN(Cc1ccccc1)Cc1csc(-c2cccc(-c3ccccc3OC)c2)n1. The van der Waals surface area contributed by atoms with Gasteiger partial charge < -0.3 is 4.74 Å². The van der Waals surface area contributed by atoms with E-state index in [0.29, 0.717) is 0 Å². The van der Waals surface area contributed by atoms with Crippen LogP contribution in [0.25, 0.3) is 21.7 Å². The van der Waals surface area contributed by atoms with Crippen LogP contribution in [0.2, 0.25) is 0 Å². The minimum atomic E-state index is 0.873. The Morgan fingerprint density at radius 1 is 0.875 bits per heavy atom. The zero-order chi connectivity index (χ0) is 22.2. The van der Waals surface area contributed by atoms with E-state index in [2.05, 4.69) is 77.9 Å². The van der Waals surface area contributed by atoms with Crippen molar-refractivity contribution in [3.63, 3.8) is 0 Å². The first-order valence-electron chi connectivity index (χ1n) is 11.2. The molecule has 3 aromatic carbocycles. The van der Waals surface area contributed by atoms with Crippen LogP contribution in [0.1, 0.15) is 31.0 Å². The predicted octanol–water partition coefficient (Wildman–Crippen LogP) is 7.29. The van der Waals surface area contributed by atoms with Crippen molar-refractivity contribution >= 4 is 11.3 Å². The summed E-state index contributed by atoms with van der Waals surface area (Å²) in [5, 5.41) is 3.27. The smallest absolute Gasteiger partial charge is 0.126 e. The second-order valence-corrected chi connectivity index (χ2v) is 8.83. The number of hydrogen-bond acceptors (Lipinski definition) is 4.